The molecular formula is C26H29FN6O2. The lowest BCUT2D eigenvalue weighted by molar-refractivity contribution is -0.120. The average Bonchev–Trinajstić information content (AvgIpc) is 3.15. The summed E-state index contributed by atoms with van der Waals surface area (Å²) >= 11 is 0. The minimum atomic E-state index is -0.384. The van der Waals surface area contributed by atoms with Crippen molar-refractivity contribution in [2.75, 3.05) is 18.8 Å². The largest absolute Gasteiger partial charge is 0.382 e. The number of hydrogen-bond donors (Lipinski definition) is 3. The van der Waals surface area contributed by atoms with Crippen LogP contribution < -0.4 is 16.4 Å². The fourth-order valence-electron chi connectivity index (χ4n) is 3.48. The molecule has 0 bridgehead atoms. The highest BCUT2D eigenvalue weighted by Crippen LogP contribution is 2.23. The molecule has 4 N–H and O–H groups in total. The highest BCUT2D eigenvalue weighted by Gasteiger charge is 2.17. The van der Waals surface area contributed by atoms with E-state index >= 15 is 0 Å². The molecule has 0 saturated heterocycles. The Morgan fingerprint density at radius 3 is 2.34 bits per heavy atom. The predicted molar refractivity (Wildman–Crippen MR) is 131 cm³/mol. The van der Waals surface area contributed by atoms with Gasteiger partial charge in [-0.1, -0.05) is 32.9 Å². The van der Waals surface area contributed by atoms with Crippen LogP contribution in [-0.2, 0) is 16.6 Å². The number of aryl methyl sites for hydroxylation is 1. The van der Waals surface area contributed by atoms with Crippen LogP contribution in [0.1, 0.15) is 54.4 Å². The van der Waals surface area contributed by atoms with E-state index in [-0.39, 0.29) is 41.0 Å². The van der Waals surface area contributed by atoms with Gasteiger partial charge in [0, 0.05) is 12.1 Å². The number of nitrogens with zero attached hydrogens (tertiary/aromatic N) is 3. The zero-order valence-corrected chi connectivity index (χ0v) is 20.1. The van der Waals surface area contributed by atoms with E-state index in [0.29, 0.717) is 36.3 Å². The molecule has 1 aromatic heterocycles. The van der Waals surface area contributed by atoms with Crippen LogP contribution in [-0.4, -0.2) is 34.7 Å². The second-order valence-corrected chi connectivity index (χ2v) is 9.17. The first-order chi connectivity index (χ1) is 16.6. The third-order valence-electron chi connectivity index (χ3n) is 5.51. The molecule has 182 valence electrons. The smallest absolute Gasteiger partial charge is 0.251 e. The molecule has 0 aliphatic heterocycles. The van der Waals surface area contributed by atoms with Crippen molar-refractivity contribution >= 4 is 17.6 Å². The van der Waals surface area contributed by atoms with E-state index < -0.39 is 0 Å². The Labute approximate surface area is 203 Å². The van der Waals surface area contributed by atoms with Crippen molar-refractivity contribution in [3.63, 3.8) is 0 Å². The number of aromatic nitrogens is 2. The minimum Gasteiger partial charge on any atom is -0.382 e. The lowest BCUT2D eigenvalue weighted by Gasteiger charge is -2.19. The van der Waals surface area contributed by atoms with Gasteiger partial charge >= 0.3 is 0 Å². The molecule has 0 unspecified atom stereocenters. The summed E-state index contributed by atoms with van der Waals surface area (Å²) < 4.78 is 14.6. The van der Waals surface area contributed by atoms with Gasteiger partial charge < -0.3 is 16.4 Å². The molecule has 0 spiro atoms. The second kappa shape index (κ2) is 10.8. The number of nitrogen functional groups attached to an aromatic ring is 1. The molecule has 0 atom stereocenters. The van der Waals surface area contributed by atoms with Gasteiger partial charge in [0.25, 0.3) is 5.91 Å². The SMILES string of the molecule is CC(C)(C)c1ccc(C(=O)NCC(=O)NCCCc2nn(-c3ccc(F)cc3)c(N)c2C#N)cc1. The monoisotopic (exact) mass is 476 g/mol. The van der Waals surface area contributed by atoms with E-state index in [0.717, 1.165) is 5.56 Å². The summed E-state index contributed by atoms with van der Waals surface area (Å²) in [5, 5.41) is 19.2. The van der Waals surface area contributed by atoms with Gasteiger partial charge in [0.2, 0.25) is 5.91 Å². The van der Waals surface area contributed by atoms with E-state index in [2.05, 4.69) is 42.6 Å². The lowest BCUT2D eigenvalue weighted by Crippen LogP contribution is -2.37. The number of nitrogens with one attached hydrogen (secondary N) is 2. The highest BCUT2D eigenvalue weighted by molar-refractivity contribution is 5.96. The highest BCUT2D eigenvalue weighted by atomic mass is 19.1. The van der Waals surface area contributed by atoms with E-state index in [4.69, 9.17) is 5.73 Å². The van der Waals surface area contributed by atoms with E-state index in [9.17, 15) is 19.2 Å². The molecule has 3 rings (SSSR count). The first kappa shape index (κ1) is 25.4. The molecule has 0 aliphatic rings. The summed E-state index contributed by atoms with van der Waals surface area (Å²) in [6.45, 7) is 6.48. The Morgan fingerprint density at radius 2 is 1.74 bits per heavy atom. The Morgan fingerprint density at radius 1 is 1.09 bits per heavy atom. The van der Waals surface area contributed by atoms with Crippen LogP contribution in [0.15, 0.2) is 48.5 Å². The summed E-state index contributed by atoms with van der Waals surface area (Å²) in [4.78, 5) is 24.4. The van der Waals surface area contributed by atoms with Gasteiger partial charge in [-0.15, -0.1) is 0 Å². The first-order valence-electron chi connectivity index (χ1n) is 11.3. The summed E-state index contributed by atoms with van der Waals surface area (Å²) in [7, 11) is 0. The molecule has 0 radical (unpaired) electrons. The Hall–Kier alpha value is -4.19. The number of hydrogen-bond acceptors (Lipinski definition) is 5. The third kappa shape index (κ3) is 6.44. The topological polar surface area (TPSA) is 126 Å². The standard InChI is InChI=1S/C26H29FN6O2/c1-26(2,3)18-8-6-17(7-9-18)25(35)31-16-23(34)30-14-4-5-22-21(15-28)24(29)33(32-22)20-12-10-19(27)11-13-20/h6-13H,4-5,14,16,29H2,1-3H3,(H,30,34)(H,31,35). The van der Waals surface area contributed by atoms with Crippen molar-refractivity contribution in [2.24, 2.45) is 0 Å². The van der Waals surface area contributed by atoms with Gasteiger partial charge in [-0.2, -0.15) is 10.4 Å². The van der Waals surface area contributed by atoms with Crippen LogP contribution in [0, 0.1) is 17.1 Å². The third-order valence-corrected chi connectivity index (χ3v) is 5.51. The van der Waals surface area contributed by atoms with Crippen molar-refractivity contribution in [1.82, 2.24) is 20.4 Å². The van der Waals surface area contributed by atoms with Gasteiger partial charge in [-0.3, -0.25) is 9.59 Å². The molecule has 3 aromatic rings. The lowest BCUT2D eigenvalue weighted by atomic mass is 9.87. The number of anilines is 1. The van der Waals surface area contributed by atoms with Crippen LogP contribution >= 0.6 is 0 Å². The van der Waals surface area contributed by atoms with Crippen LogP contribution in [0.25, 0.3) is 5.69 Å². The number of nitrogens with two attached hydrogens (primary N) is 1. The summed E-state index contributed by atoms with van der Waals surface area (Å²) in [5.74, 6) is -0.843. The Balaban J connectivity index is 1.47. The number of benzene rings is 2. The van der Waals surface area contributed by atoms with E-state index in [1.165, 1.54) is 28.9 Å². The molecule has 0 aliphatic carbocycles. The average molecular weight is 477 g/mol. The van der Waals surface area contributed by atoms with Crippen molar-refractivity contribution in [1.29, 1.82) is 5.26 Å². The number of nitriles is 1. The number of rotatable bonds is 8. The van der Waals surface area contributed by atoms with Crippen molar-refractivity contribution in [3.05, 3.63) is 76.7 Å². The molecule has 2 aromatic carbocycles. The maximum atomic E-state index is 13.2. The maximum absolute atomic E-state index is 13.2. The van der Waals surface area contributed by atoms with Gasteiger partial charge in [-0.05, 0) is 60.2 Å². The zero-order chi connectivity index (χ0) is 25.6. The summed E-state index contributed by atoms with van der Waals surface area (Å²) in [5.41, 5.74) is 8.96. The fraction of sp³-hybridized carbons (Fsp3) is 0.308. The maximum Gasteiger partial charge on any atom is 0.251 e. The molecular weight excluding hydrogens is 447 g/mol. The van der Waals surface area contributed by atoms with Crippen molar-refractivity contribution in [2.45, 2.75) is 39.0 Å². The number of carbonyl (C=O) groups excluding carboxylic acids is 2. The number of carbonyl (C=O) groups is 2. The Kier molecular flexibility index (Phi) is 7.87. The van der Waals surface area contributed by atoms with Gasteiger partial charge in [-0.25, -0.2) is 9.07 Å². The van der Waals surface area contributed by atoms with Crippen LogP contribution in [0.4, 0.5) is 10.2 Å². The normalized spacial score (nSPS) is 11.1. The fourth-order valence-corrected chi connectivity index (χ4v) is 3.48. The van der Waals surface area contributed by atoms with Crippen molar-refractivity contribution < 1.29 is 14.0 Å². The van der Waals surface area contributed by atoms with E-state index in [1.807, 2.05) is 12.1 Å². The molecule has 35 heavy (non-hydrogen) atoms. The summed E-state index contributed by atoms with van der Waals surface area (Å²) in [6.07, 6.45) is 0.927. The van der Waals surface area contributed by atoms with Gasteiger partial charge in [0.15, 0.2) is 0 Å². The van der Waals surface area contributed by atoms with E-state index in [1.54, 1.807) is 12.1 Å². The molecule has 0 fully saturated rings. The first-order valence-corrected chi connectivity index (χ1v) is 11.3. The molecule has 8 nitrogen and oxygen atoms in total. The van der Waals surface area contributed by atoms with Crippen LogP contribution in [0.5, 0.6) is 0 Å². The van der Waals surface area contributed by atoms with Gasteiger partial charge in [0.05, 0.1) is 17.9 Å². The predicted octanol–water partition coefficient (Wildman–Crippen LogP) is 3.24. The zero-order valence-electron chi connectivity index (χ0n) is 20.1. The summed E-state index contributed by atoms with van der Waals surface area (Å²) in [6, 6.07) is 15.0. The molecule has 0 saturated carbocycles. The minimum absolute atomic E-state index is 0.00623. The quantitative estimate of drug-likeness (QED) is 0.430. The van der Waals surface area contributed by atoms with Crippen LogP contribution in [0.3, 0.4) is 0 Å². The molecule has 1 heterocycles. The van der Waals surface area contributed by atoms with Crippen LogP contribution in [0.2, 0.25) is 0 Å². The molecule has 9 heteroatoms. The number of halogens is 1. The van der Waals surface area contributed by atoms with Crippen molar-refractivity contribution in [3.8, 4) is 11.8 Å². The van der Waals surface area contributed by atoms with Gasteiger partial charge in [0.1, 0.15) is 23.3 Å². The second-order valence-electron chi connectivity index (χ2n) is 9.17. The molecule has 2 amide bonds. The number of amides is 2. The Bertz CT molecular complexity index is 1240.